The molecule has 0 saturated carbocycles. The van der Waals surface area contributed by atoms with Gasteiger partial charge in [0.25, 0.3) is 11.9 Å². The van der Waals surface area contributed by atoms with Crippen LogP contribution in [0.2, 0.25) is 0 Å². The van der Waals surface area contributed by atoms with Gasteiger partial charge in [-0.15, -0.1) is 11.8 Å². The predicted molar refractivity (Wildman–Crippen MR) is 68.8 cm³/mol. The van der Waals surface area contributed by atoms with E-state index >= 15 is 0 Å². The number of carboxylic acid groups (broad SMARTS) is 2. The fraction of sp³-hybridized carbons (Fsp3) is 0.700. The molecule has 0 fully saturated rings. The van der Waals surface area contributed by atoms with Crippen molar-refractivity contribution >= 4 is 29.7 Å². The third kappa shape index (κ3) is 60.9. The summed E-state index contributed by atoms with van der Waals surface area (Å²) in [6.07, 6.45) is 0. The highest BCUT2D eigenvalue weighted by atomic mass is 32.2. The van der Waals surface area contributed by atoms with Crippen molar-refractivity contribution in [3.05, 3.63) is 0 Å². The summed E-state index contributed by atoms with van der Waals surface area (Å²) in [5.41, 5.74) is -0.773. The van der Waals surface area contributed by atoms with Crippen LogP contribution in [-0.4, -0.2) is 62.7 Å². The van der Waals surface area contributed by atoms with Crippen LogP contribution in [0.3, 0.4) is 0 Å². The zero-order valence-electron chi connectivity index (χ0n) is 11.0. The third-order valence-electron chi connectivity index (χ3n) is 0.855. The van der Waals surface area contributed by atoms with Crippen molar-refractivity contribution in [2.75, 3.05) is 19.0 Å². The summed E-state index contributed by atoms with van der Waals surface area (Å²) in [6.45, 7) is 3.49. The lowest BCUT2D eigenvalue weighted by Crippen LogP contribution is -2.10. The smallest absolute Gasteiger partial charge is 0.302 e. The van der Waals surface area contributed by atoms with Gasteiger partial charge in [-0.2, -0.15) is 0 Å². The highest BCUT2D eigenvalue weighted by Crippen LogP contribution is 2.05. The van der Waals surface area contributed by atoms with E-state index in [9.17, 15) is 4.79 Å². The van der Waals surface area contributed by atoms with Gasteiger partial charge in [-0.3, -0.25) is 14.4 Å². The van der Waals surface area contributed by atoms with E-state index in [1.807, 2.05) is 0 Å². The summed E-state index contributed by atoms with van der Waals surface area (Å²) in [5, 5.41) is 32.0. The monoisotopic (exact) mass is 300 g/mol. The van der Waals surface area contributed by atoms with Crippen molar-refractivity contribution in [2.24, 2.45) is 0 Å². The van der Waals surface area contributed by atoms with Crippen molar-refractivity contribution in [3.8, 4) is 0 Å². The highest BCUT2D eigenvalue weighted by Gasteiger charge is 2.01. The molecule has 0 saturated heterocycles. The van der Waals surface area contributed by atoms with Crippen LogP contribution in [0.1, 0.15) is 20.8 Å². The maximum atomic E-state index is 10.2. The van der Waals surface area contributed by atoms with E-state index in [1.54, 1.807) is 0 Å². The fourth-order valence-electron chi connectivity index (χ4n) is 0.422. The van der Waals surface area contributed by atoms with Crippen molar-refractivity contribution < 1.29 is 39.5 Å². The number of thioether (sulfide) groups is 1. The molecule has 0 amide bonds. The minimum absolute atomic E-state index is 0.273. The Balaban J connectivity index is -0.000000264. The molecule has 0 aliphatic carbocycles. The average molecular weight is 300 g/mol. The minimum atomic E-state index is -0.833. The number of carboxylic acids is 2. The van der Waals surface area contributed by atoms with Crippen LogP contribution >= 0.6 is 11.8 Å². The van der Waals surface area contributed by atoms with Crippen molar-refractivity contribution in [1.82, 2.24) is 0 Å². The van der Waals surface area contributed by atoms with Crippen LogP contribution in [0.25, 0.3) is 0 Å². The molecule has 0 aliphatic rings. The molecule has 0 aliphatic heterocycles. The second-order valence-electron chi connectivity index (χ2n) is 2.89. The van der Waals surface area contributed by atoms with Gasteiger partial charge in [0.15, 0.2) is 0 Å². The number of esters is 1. The Morgan fingerprint density at radius 1 is 1.11 bits per heavy atom. The van der Waals surface area contributed by atoms with E-state index in [-0.39, 0.29) is 19.2 Å². The topological polar surface area (TPSA) is 141 Å². The molecule has 8 nitrogen and oxygen atoms in total. The van der Waals surface area contributed by atoms with E-state index in [0.717, 1.165) is 25.6 Å². The van der Waals surface area contributed by atoms with Crippen LogP contribution in [-0.2, 0) is 19.1 Å². The lowest BCUT2D eigenvalue weighted by Gasteiger charge is -2.05. The van der Waals surface area contributed by atoms with Crippen molar-refractivity contribution in [3.63, 3.8) is 0 Å². The Morgan fingerprint density at radius 3 is 1.74 bits per heavy atom. The number of aliphatic hydroxyl groups excluding tert-OH is 2. The summed E-state index contributed by atoms with van der Waals surface area (Å²) in [6, 6.07) is 0. The number of ether oxygens (including phenoxy) is 1. The van der Waals surface area contributed by atoms with Crippen LogP contribution in [0.5, 0.6) is 0 Å². The first-order chi connectivity index (χ1) is 8.63. The predicted octanol–water partition coefficient (Wildman–Crippen LogP) is -0.225. The van der Waals surface area contributed by atoms with Crippen LogP contribution in [0.15, 0.2) is 0 Å². The van der Waals surface area contributed by atoms with Gasteiger partial charge in [0.05, 0.1) is 6.61 Å². The summed E-state index contributed by atoms with van der Waals surface area (Å²) < 4.78 is 4.58. The molecule has 1 unspecified atom stereocenters. The summed E-state index contributed by atoms with van der Waals surface area (Å²) in [5.74, 6) is -1.49. The Bertz CT molecular complexity index is 236. The zero-order chi connectivity index (χ0) is 15.8. The standard InChI is InChI=1S/C6H12O4S.2C2H4O2/c1-5(8)10-2-3-11-6(9)4-7;2*1-2(3)4/h6-7,9H,2-4H2,1H3;2*1H3,(H,3,4). The van der Waals surface area contributed by atoms with Gasteiger partial charge in [0, 0.05) is 26.5 Å². The van der Waals surface area contributed by atoms with Crippen molar-refractivity contribution in [1.29, 1.82) is 0 Å². The summed E-state index contributed by atoms with van der Waals surface area (Å²) in [7, 11) is 0. The van der Waals surface area contributed by atoms with E-state index in [4.69, 9.17) is 30.0 Å². The first kappa shape index (κ1) is 22.8. The van der Waals surface area contributed by atoms with E-state index in [2.05, 4.69) is 4.74 Å². The maximum Gasteiger partial charge on any atom is 0.302 e. The molecule has 0 aromatic carbocycles. The largest absolute Gasteiger partial charge is 0.481 e. The van der Waals surface area contributed by atoms with Gasteiger partial charge in [-0.05, 0) is 0 Å². The molecule has 9 heteroatoms. The maximum absolute atomic E-state index is 10.2. The van der Waals surface area contributed by atoms with Crippen LogP contribution in [0.4, 0.5) is 0 Å². The first-order valence-electron chi connectivity index (χ1n) is 5.06. The fourth-order valence-corrected chi connectivity index (χ4v) is 0.979. The first-order valence-corrected chi connectivity index (χ1v) is 6.11. The second-order valence-corrected chi connectivity index (χ2v) is 4.17. The number of hydrogen-bond donors (Lipinski definition) is 4. The minimum Gasteiger partial charge on any atom is -0.481 e. The van der Waals surface area contributed by atoms with Gasteiger partial charge in [-0.1, -0.05) is 0 Å². The van der Waals surface area contributed by atoms with Crippen molar-refractivity contribution in [2.45, 2.75) is 26.2 Å². The number of aliphatic hydroxyl groups is 2. The summed E-state index contributed by atoms with van der Waals surface area (Å²) in [4.78, 5) is 28.2. The molecule has 0 aromatic heterocycles. The van der Waals surface area contributed by atoms with Gasteiger partial charge in [-0.25, -0.2) is 0 Å². The van der Waals surface area contributed by atoms with Crippen LogP contribution < -0.4 is 0 Å². The molecule has 0 radical (unpaired) electrons. The molecule has 0 spiro atoms. The molecule has 0 rings (SSSR count). The number of carbonyl (C=O) groups excluding carboxylic acids is 1. The number of aliphatic carboxylic acids is 2. The van der Waals surface area contributed by atoms with Crippen LogP contribution in [0, 0.1) is 0 Å². The van der Waals surface area contributed by atoms with Gasteiger partial charge < -0.3 is 25.2 Å². The Morgan fingerprint density at radius 2 is 1.47 bits per heavy atom. The van der Waals surface area contributed by atoms with E-state index in [1.165, 1.54) is 6.92 Å². The number of carbonyl (C=O) groups is 3. The average Bonchev–Trinajstić information content (AvgIpc) is 2.22. The third-order valence-corrected chi connectivity index (χ3v) is 1.79. The molecule has 0 heterocycles. The second kappa shape index (κ2) is 16.7. The molecular formula is C10H20O8S. The lowest BCUT2D eigenvalue weighted by atomic mass is 10.8. The summed E-state index contributed by atoms with van der Waals surface area (Å²) >= 11 is 1.15. The Labute approximate surface area is 115 Å². The molecule has 114 valence electrons. The quantitative estimate of drug-likeness (QED) is 0.308. The lowest BCUT2D eigenvalue weighted by molar-refractivity contribution is -0.140. The van der Waals surface area contributed by atoms with E-state index in [0.29, 0.717) is 5.75 Å². The molecule has 1 atom stereocenters. The Kier molecular flexibility index (Phi) is 20.0. The molecule has 0 bridgehead atoms. The van der Waals surface area contributed by atoms with Gasteiger partial charge >= 0.3 is 5.97 Å². The molecule has 0 aromatic rings. The highest BCUT2D eigenvalue weighted by molar-refractivity contribution is 7.99. The number of hydrogen-bond acceptors (Lipinski definition) is 7. The number of rotatable bonds is 5. The normalized spacial score (nSPS) is 9.95. The SMILES string of the molecule is CC(=O)O.CC(=O)O.CC(=O)OCCSC(O)CO. The van der Waals surface area contributed by atoms with E-state index < -0.39 is 17.4 Å². The van der Waals surface area contributed by atoms with Gasteiger partial charge in [0.2, 0.25) is 0 Å². The van der Waals surface area contributed by atoms with Gasteiger partial charge in [0.1, 0.15) is 12.0 Å². The zero-order valence-corrected chi connectivity index (χ0v) is 11.8. The Hall–Kier alpha value is -1.32. The molecular weight excluding hydrogens is 280 g/mol. The molecule has 19 heavy (non-hydrogen) atoms. The molecule has 4 N–H and O–H groups in total.